The zero-order valence-electron chi connectivity index (χ0n) is 5.72. The van der Waals surface area contributed by atoms with Crippen LogP contribution < -0.4 is 0 Å². The summed E-state index contributed by atoms with van der Waals surface area (Å²) >= 11 is 1.51. The van der Waals surface area contributed by atoms with Gasteiger partial charge in [0.1, 0.15) is 0 Å². The molecular weight excluding hydrogens is 132 g/mol. The molecule has 1 nitrogen and oxygen atoms in total. The number of carbonyl (C=O) groups is 1. The fraction of sp³-hybridized carbons (Fsp3) is 0.857. The van der Waals surface area contributed by atoms with Gasteiger partial charge in [0.25, 0.3) is 0 Å². The average Bonchev–Trinajstić information content (AvgIpc) is 2.18. The summed E-state index contributed by atoms with van der Waals surface area (Å²) in [7, 11) is 0. The van der Waals surface area contributed by atoms with E-state index < -0.39 is 0 Å². The first-order valence-corrected chi connectivity index (χ1v) is 4.49. The van der Waals surface area contributed by atoms with Gasteiger partial charge in [-0.1, -0.05) is 25.1 Å². The van der Waals surface area contributed by atoms with E-state index in [1.54, 1.807) is 0 Å². The highest BCUT2D eigenvalue weighted by molar-refractivity contribution is 8.14. The molecule has 1 heterocycles. The smallest absolute Gasteiger partial charge is 0.192 e. The molecule has 9 heavy (non-hydrogen) atoms. The van der Waals surface area contributed by atoms with E-state index in [2.05, 4.69) is 6.92 Å². The summed E-state index contributed by atoms with van der Waals surface area (Å²) in [5.41, 5.74) is 0. The molecule has 0 saturated carbocycles. The van der Waals surface area contributed by atoms with Crippen LogP contribution in [0.5, 0.6) is 0 Å². The molecule has 1 rings (SSSR count). The zero-order chi connectivity index (χ0) is 6.69. The second-order valence-corrected chi connectivity index (χ2v) is 3.54. The maximum Gasteiger partial charge on any atom is 0.192 e. The normalized spacial score (nSPS) is 27.2. The Morgan fingerprint density at radius 3 is 3.00 bits per heavy atom. The monoisotopic (exact) mass is 144 g/mol. The Morgan fingerprint density at radius 2 is 2.56 bits per heavy atom. The average molecular weight is 144 g/mol. The minimum absolute atomic E-state index is 0.403. The topological polar surface area (TPSA) is 17.1 Å². The van der Waals surface area contributed by atoms with Gasteiger partial charge in [0, 0.05) is 11.7 Å². The maximum atomic E-state index is 10.9. The van der Waals surface area contributed by atoms with Crippen LogP contribution in [0.4, 0.5) is 0 Å². The SMILES string of the molecule is CCCC1CCSC1=O. The van der Waals surface area contributed by atoms with Gasteiger partial charge in [0.05, 0.1) is 0 Å². The van der Waals surface area contributed by atoms with E-state index in [1.807, 2.05) is 0 Å². The van der Waals surface area contributed by atoms with Crippen molar-refractivity contribution in [3.05, 3.63) is 0 Å². The van der Waals surface area contributed by atoms with Crippen molar-refractivity contribution in [1.82, 2.24) is 0 Å². The Labute approximate surface area is 60.2 Å². The van der Waals surface area contributed by atoms with Crippen LogP contribution in [0.1, 0.15) is 26.2 Å². The zero-order valence-corrected chi connectivity index (χ0v) is 6.54. The van der Waals surface area contributed by atoms with Crippen LogP contribution in [0.2, 0.25) is 0 Å². The van der Waals surface area contributed by atoms with Gasteiger partial charge in [-0.3, -0.25) is 4.79 Å². The highest BCUT2D eigenvalue weighted by atomic mass is 32.2. The molecule has 2 heteroatoms. The van der Waals surface area contributed by atoms with Crippen LogP contribution in [0, 0.1) is 5.92 Å². The van der Waals surface area contributed by atoms with Gasteiger partial charge in [0.15, 0.2) is 5.12 Å². The van der Waals surface area contributed by atoms with Crippen LogP contribution in [0.25, 0.3) is 0 Å². The van der Waals surface area contributed by atoms with Crippen molar-refractivity contribution < 1.29 is 4.79 Å². The molecule has 1 fully saturated rings. The van der Waals surface area contributed by atoms with Crippen LogP contribution in [-0.4, -0.2) is 10.9 Å². The standard InChI is InChI=1S/C7H12OS/c1-2-3-6-4-5-9-7(6)8/h6H,2-5H2,1H3. The molecule has 0 amide bonds. The molecule has 1 aliphatic rings. The molecule has 0 radical (unpaired) electrons. The third kappa shape index (κ3) is 1.71. The predicted molar refractivity (Wildman–Crippen MR) is 40.5 cm³/mol. The van der Waals surface area contributed by atoms with E-state index in [-0.39, 0.29) is 0 Å². The van der Waals surface area contributed by atoms with Gasteiger partial charge in [-0.2, -0.15) is 0 Å². The van der Waals surface area contributed by atoms with E-state index in [4.69, 9.17) is 0 Å². The third-order valence-corrected chi connectivity index (χ3v) is 2.74. The van der Waals surface area contributed by atoms with Gasteiger partial charge in [0.2, 0.25) is 0 Å². The van der Waals surface area contributed by atoms with Crippen molar-refractivity contribution in [3.63, 3.8) is 0 Å². The number of thioether (sulfide) groups is 1. The number of rotatable bonds is 2. The van der Waals surface area contributed by atoms with Gasteiger partial charge in [-0.05, 0) is 12.8 Å². The molecule has 0 bridgehead atoms. The van der Waals surface area contributed by atoms with Gasteiger partial charge in [-0.25, -0.2) is 0 Å². The summed E-state index contributed by atoms with van der Waals surface area (Å²) in [6, 6.07) is 0. The van der Waals surface area contributed by atoms with Crippen molar-refractivity contribution in [3.8, 4) is 0 Å². The summed E-state index contributed by atoms with van der Waals surface area (Å²) in [5, 5.41) is 0.428. The molecule has 0 aliphatic carbocycles. The quantitative estimate of drug-likeness (QED) is 0.590. The maximum absolute atomic E-state index is 10.9. The van der Waals surface area contributed by atoms with E-state index in [0.717, 1.165) is 25.0 Å². The molecule has 0 N–H and O–H groups in total. The minimum atomic E-state index is 0.403. The molecule has 0 spiro atoms. The van der Waals surface area contributed by atoms with Crippen molar-refractivity contribution in [2.45, 2.75) is 26.2 Å². The van der Waals surface area contributed by atoms with Gasteiger partial charge >= 0.3 is 0 Å². The van der Waals surface area contributed by atoms with E-state index in [9.17, 15) is 4.79 Å². The first-order chi connectivity index (χ1) is 4.34. The van der Waals surface area contributed by atoms with Crippen LogP contribution in [0.15, 0.2) is 0 Å². The number of hydrogen-bond acceptors (Lipinski definition) is 2. The Balaban J connectivity index is 2.31. The molecule has 1 saturated heterocycles. The van der Waals surface area contributed by atoms with E-state index in [1.165, 1.54) is 11.8 Å². The molecule has 0 aromatic carbocycles. The molecule has 52 valence electrons. The Bertz CT molecular complexity index is 111. The molecule has 1 aliphatic heterocycles. The highest BCUT2D eigenvalue weighted by Gasteiger charge is 2.23. The molecule has 1 atom stereocenters. The Kier molecular flexibility index (Phi) is 2.58. The molecular formula is C7H12OS. The Morgan fingerprint density at radius 1 is 1.78 bits per heavy atom. The summed E-state index contributed by atoms with van der Waals surface area (Å²) in [4.78, 5) is 10.9. The van der Waals surface area contributed by atoms with Crippen LogP contribution in [-0.2, 0) is 4.79 Å². The summed E-state index contributed by atoms with van der Waals surface area (Å²) in [6.07, 6.45) is 3.38. The fourth-order valence-corrected chi connectivity index (χ4v) is 2.22. The minimum Gasteiger partial charge on any atom is -0.287 e. The van der Waals surface area contributed by atoms with Gasteiger partial charge < -0.3 is 0 Å². The lowest BCUT2D eigenvalue weighted by Gasteiger charge is -2.01. The van der Waals surface area contributed by atoms with Crippen molar-refractivity contribution in [2.75, 3.05) is 5.75 Å². The second-order valence-electron chi connectivity index (χ2n) is 2.44. The van der Waals surface area contributed by atoms with Crippen molar-refractivity contribution in [2.24, 2.45) is 5.92 Å². The lowest BCUT2D eigenvalue weighted by atomic mass is 10.0. The van der Waals surface area contributed by atoms with E-state index >= 15 is 0 Å². The molecule has 1 unspecified atom stereocenters. The van der Waals surface area contributed by atoms with Crippen LogP contribution in [0.3, 0.4) is 0 Å². The Hall–Kier alpha value is 0.0200. The van der Waals surface area contributed by atoms with Crippen molar-refractivity contribution in [1.29, 1.82) is 0 Å². The molecule has 0 aromatic rings. The van der Waals surface area contributed by atoms with Crippen molar-refractivity contribution >= 4 is 16.9 Å². The molecule has 0 aromatic heterocycles. The second kappa shape index (κ2) is 3.25. The summed E-state index contributed by atoms with van der Waals surface area (Å²) in [6.45, 7) is 2.14. The number of carbonyl (C=O) groups excluding carboxylic acids is 1. The van der Waals surface area contributed by atoms with E-state index in [0.29, 0.717) is 11.0 Å². The number of hydrogen-bond donors (Lipinski definition) is 0. The highest BCUT2D eigenvalue weighted by Crippen LogP contribution is 2.28. The first-order valence-electron chi connectivity index (χ1n) is 3.51. The summed E-state index contributed by atoms with van der Waals surface area (Å²) in [5.74, 6) is 1.46. The fourth-order valence-electron chi connectivity index (χ4n) is 1.15. The third-order valence-electron chi connectivity index (χ3n) is 1.68. The lowest BCUT2D eigenvalue weighted by molar-refractivity contribution is -0.114. The first kappa shape index (κ1) is 7.13. The van der Waals surface area contributed by atoms with Crippen LogP contribution >= 0.6 is 11.8 Å². The predicted octanol–water partition coefficient (Wildman–Crippen LogP) is 2.07. The largest absolute Gasteiger partial charge is 0.287 e. The summed E-state index contributed by atoms with van der Waals surface area (Å²) < 4.78 is 0. The van der Waals surface area contributed by atoms with Gasteiger partial charge in [-0.15, -0.1) is 0 Å². The lowest BCUT2D eigenvalue weighted by Crippen LogP contribution is -2.02.